The largest absolute Gasteiger partial charge is 0.494 e. The summed E-state index contributed by atoms with van der Waals surface area (Å²) in [5.41, 5.74) is 1.15. The Morgan fingerprint density at radius 2 is 1.89 bits per heavy atom. The zero-order chi connectivity index (χ0) is 19.8. The first-order valence-corrected chi connectivity index (χ1v) is 8.96. The van der Waals surface area contributed by atoms with Crippen molar-refractivity contribution in [1.29, 1.82) is 0 Å². The van der Waals surface area contributed by atoms with Gasteiger partial charge in [-0.3, -0.25) is 9.59 Å². The van der Waals surface area contributed by atoms with Crippen molar-refractivity contribution in [2.45, 2.75) is 19.9 Å². The van der Waals surface area contributed by atoms with Gasteiger partial charge in [0, 0.05) is 36.6 Å². The van der Waals surface area contributed by atoms with E-state index in [1.165, 1.54) is 19.2 Å². The highest BCUT2D eigenvalue weighted by molar-refractivity contribution is 6.30. The Kier molecular flexibility index (Phi) is 7.61. The van der Waals surface area contributed by atoms with Crippen molar-refractivity contribution in [3.8, 4) is 5.75 Å². The molecule has 1 N–H and O–H groups in total. The van der Waals surface area contributed by atoms with E-state index in [1.54, 1.807) is 35.2 Å². The first kappa shape index (κ1) is 20.7. The lowest BCUT2D eigenvalue weighted by atomic mass is 10.2. The summed E-state index contributed by atoms with van der Waals surface area (Å²) < 4.78 is 18.7. The summed E-state index contributed by atoms with van der Waals surface area (Å²) in [5, 5.41) is 3.26. The van der Waals surface area contributed by atoms with Crippen molar-refractivity contribution in [2.24, 2.45) is 0 Å². The van der Waals surface area contributed by atoms with Crippen LogP contribution >= 0.6 is 11.6 Å². The molecule has 0 aliphatic heterocycles. The van der Waals surface area contributed by atoms with Gasteiger partial charge in [-0.2, -0.15) is 0 Å². The molecule has 2 aromatic rings. The molecule has 0 atom stereocenters. The third-order valence-electron chi connectivity index (χ3n) is 4.05. The van der Waals surface area contributed by atoms with Gasteiger partial charge in [0.1, 0.15) is 0 Å². The van der Waals surface area contributed by atoms with Gasteiger partial charge in [-0.05, 0) is 48.9 Å². The molecule has 7 heteroatoms. The van der Waals surface area contributed by atoms with E-state index in [0.717, 1.165) is 0 Å². The minimum absolute atomic E-state index is 0.120. The smallest absolute Gasteiger partial charge is 0.251 e. The number of nitrogens with zero attached hydrogens (tertiary/aromatic N) is 1. The van der Waals surface area contributed by atoms with Crippen molar-refractivity contribution in [1.82, 2.24) is 10.2 Å². The van der Waals surface area contributed by atoms with Gasteiger partial charge >= 0.3 is 0 Å². The van der Waals surface area contributed by atoms with Gasteiger partial charge in [0.2, 0.25) is 5.91 Å². The molecular formula is C20H22ClFN2O3. The fourth-order valence-electron chi connectivity index (χ4n) is 2.55. The molecule has 2 aromatic carbocycles. The summed E-state index contributed by atoms with van der Waals surface area (Å²) in [6.07, 6.45) is 0.159. The number of carbonyl (C=O) groups is 2. The number of benzene rings is 2. The standard InChI is InChI=1S/C20H22ClFN2O3/c1-3-24(13-14-4-9-18(27-2)17(22)12-14)19(25)10-11-23-20(26)15-5-7-16(21)8-6-15/h4-9,12H,3,10-11,13H2,1-2H3,(H,23,26). The van der Waals surface area contributed by atoms with E-state index in [0.29, 0.717) is 29.2 Å². The van der Waals surface area contributed by atoms with Crippen molar-refractivity contribution in [2.75, 3.05) is 20.2 Å². The molecule has 0 aliphatic rings. The van der Waals surface area contributed by atoms with Gasteiger partial charge < -0.3 is 15.0 Å². The van der Waals surface area contributed by atoms with Gasteiger partial charge in [-0.25, -0.2) is 4.39 Å². The van der Waals surface area contributed by atoms with E-state index < -0.39 is 5.82 Å². The summed E-state index contributed by atoms with van der Waals surface area (Å²) in [6, 6.07) is 11.1. The highest BCUT2D eigenvalue weighted by Crippen LogP contribution is 2.19. The van der Waals surface area contributed by atoms with Crippen molar-refractivity contribution in [3.63, 3.8) is 0 Å². The summed E-state index contributed by atoms with van der Waals surface area (Å²) in [5.74, 6) is -0.684. The maximum absolute atomic E-state index is 13.8. The van der Waals surface area contributed by atoms with Gasteiger partial charge in [0.15, 0.2) is 11.6 Å². The van der Waals surface area contributed by atoms with E-state index in [1.807, 2.05) is 6.92 Å². The van der Waals surface area contributed by atoms with E-state index in [-0.39, 0.29) is 30.5 Å². The Bertz CT molecular complexity index is 796. The molecule has 144 valence electrons. The molecule has 0 aliphatic carbocycles. The summed E-state index contributed by atoms with van der Waals surface area (Å²) in [4.78, 5) is 26.0. The zero-order valence-electron chi connectivity index (χ0n) is 15.3. The Morgan fingerprint density at radius 3 is 2.48 bits per heavy atom. The first-order valence-electron chi connectivity index (χ1n) is 8.58. The number of halogens is 2. The predicted octanol–water partition coefficient (Wildman–Crippen LogP) is 3.66. The number of nitrogens with one attached hydrogen (secondary N) is 1. The molecular weight excluding hydrogens is 371 g/mol. The fourth-order valence-corrected chi connectivity index (χ4v) is 2.68. The fraction of sp³-hybridized carbons (Fsp3) is 0.300. The second kappa shape index (κ2) is 9.92. The Hall–Kier alpha value is -2.60. The Labute approximate surface area is 163 Å². The van der Waals surface area contributed by atoms with Crippen LogP contribution in [0.25, 0.3) is 0 Å². The van der Waals surface area contributed by atoms with E-state index >= 15 is 0 Å². The van der Waals surface area contributed by atoms with Crippen LogP contribution in [0.5, 0.6) is 5.75 Å². The molecule has 27 heavy (non-hydrogen) atoms. The molecule has 0 aromatic heterocycles. The summed E-state index contributed by atoms with van der Waals surface area (Å²) in [6.45, 7) is 2.84. The van der Waals surface area contributed by atoms with Crippen LogP contribution in [0.2, 0.25) is 5.02 Å². The molecule has 0 saturated carbocycles. The number of hydrogen-bond acceptors (Lipinski definition) is 3. The van der Waals surface area contributed by atoms with Crippen LogP contribution in [0.15, 0.2) is 42.5 Å². The molecule has 0 bridgehead atoms. The highest BCUT2D eigenvalue weighted by Gasteiger charge is 2.14. The molecule has 2 rings (SSSR count). The molecule has 0 heterocycles. The van der Waals surface area contributed by atoms with Gasteiger partial charge in [0.25, 0.3) is 5.91 Å². The zero-order valence-corrected chi connectivity index (χ0v) is 16.1. The number of methoxy groups -OCH3 is 1. The van der Waals surface area contributed by atoms with Crippen LogP contribution in [-0.4, -0.2) is 36.9 Å². The van der Waals surface area contributed by atoms with Crippen LogP contribution < -0.4 is 10.1 Å². The van der Waals surface area contributed by atoms with Crippen molar-refractivity contribution < 1.29 is 18.7 Å². The van der Waals surface area contributed by atoms with Gasteiger partial charge in [0.05, 0.1) is 7.11 Å². The minimum Gasteiger partial charge on any atom is -0.494 e. The van der Waals surface area contributed by atoms with Crippen molar-refractivity contribution in [3.05, 3.63) is 64.4 Å². The molecule has 0 unspecified atom stereocenters. The van der Waals surface area contributed by atoms with E-state index in [4.69, 9.17) is 16.3 Å². The molecule has 2 amide bonds. The average Bonchev–Trinajstić information content (AvgIpc) is 2.66. The normalized spacial score (nSPS) is 10.4. The first-order chi connectivity index (χ1) is 12.9. The van der Waals surface area contributed by atoms with Crippen LogP contribution in [0.4, 0.5) is 4.39 Å². The van der Waals surface area contributed by atoms with Gasteiger partial charge in [-0.15, -0.1) is 0 Å². The van der Waals surface area contributed by atoms with Crippen molar-refractivity contribution >= 4 is 23.4 Å². The van der Waals surface area contributed by atoms with Crippen LogP contribution in [0.3, 0.4) is 0 Å². The van der Waals surface area contributed by atoms with Gasteiger partial charge in [-0.1, -0.05) is 17.7 Å². The second-order valence-corrected chi connectivity index (χ2v) is 6.33. The van der Waals surface area contributed by atoms with Crippen LogP contribution in [-0.2, 0) is 11.3 Å². The minimum atomic E-state index is -0.464. The van der Waals surface area contributed by atoms with Crippen LogP contribution in [0.1, 0.15) is 29.3 Å². The lowest BCUT2D eigenvalue weighted by Gasteiger charge is -2.21. The SMILES string of the molecule is CCN(Cc1ccc(OC)c(F)c1)C(=O)CCNC(=O)c1ccc(Cl)cc1. The Balaban J connectivity index is 1.86. The molecule has 5 nitrogen and oxygen atoms in total. The third kappa shape index (κ3) is 5.96. The Morgan fingerprint density at radius 1 is 1.19 bits per heavy atom. The molecule has 0 fully saturated rings. The maximum Gasteiger partial charge on any atom is 0.251 e. The quantitative estimate of drug-likeness (QED) is 0.745. The highest BCUT2D eigenvalue weighted by atomic mass is 35.5. The van der Waals surface area contributed by atoms with Crippen LogP contribution in [0, 0.1) is 5.82 Å². The summed E-state index contributed by atoms with van der Waals surface area (Å²) >= 11 is 5.79. The van der Waals surface area contributed by atoms with E-state index in [2.05, 4.69) is 5.32 Å². The molecule has 0 spiro atoms. The molecule has 0 radical (unpaired) electrons. The number of hydrogen-bond donors (Lipinski definition) is 1. The second-order valence-electron chi connectivity index (χ2n) is 5.89. The third-order valence-corrected chi connectivity index (χ3v) is 4.31. The maximum atomic E-state index is 13.8. The summed E-state index contributed by atoms with van der Waals surface area (Å²) in [7, 11) is 1.40. The number of carbonyl (C=O) groups excluding carboxylic acids is 2. The number of rotatable bonds is 8. The monoisotopic (exact) mass is 392 g/mol. The average molecular weight is 393 g/mol. The number of ether oxygens (including phenoxy) is 1. The predicted molar refractivity (Wildman–Crippen MR) is 102 cm³/mol. The topological polar surface area (TPSA) is 58.6 Å². The molecule has 0 saturated heterocycles. The van der Waals surface area contributed by atoms with E-state index in [9.17, 15) is 14.0 Å². The number of amides is 2. The lowest BCUT2D eigenvalue weighted by Crippen LogP contribution is -2.34. The lowest BCUT2D eigenvalue weighted by molar-refractivity contribution is -0.131.